The molecule has 2 aromatic rings. The van der Waals surface area contributed by atoms with E-state index in [0.717, 1.165) is 5.56 Å². The van der Waals surface area contributed by atoms with E-state index in [9.17, 15) is 18.5 Å². The number of fused-ring (bicyclic) bond motifs is 1. The van der Waals surface area contributed by atoms with Gasteiger partial charge in [-0.1, -0.05) is 18.2 Å². The van der Waals surface area contributed by atoms with Gasteiger partial charge in [0.25, 0.3) is 15.7 Å². The Labute approximate surface area is 139 Å². The SMILES string of the molecule is NCC[C@@H]1CN(S(=O)(=O)c2ccc([N+](=O)[O-])cc2)c2ccccc21. The Morgan fingerprint density at radius 2 is 1.83 bits per heavy atom. The number of nitrogens with zero attached hydrogens (tertiary/aromatic N) is 2. The van der Waals surface area contributed by atoms with Crippen molar-refractivity contribution in [3.63, 3.8) is 0 Å². The minimum Gasteiger partial charge on any atom is -0.330 e. The first kappa shape index (κ1) is 16.4. The molecule has 0 aromatic heterocycles. The van der Waals surface area contributed by atoms with Crippen molar-refractivity contribution in [2.24, 2.45) is 5.73 Å². The van der Waals surface area contributed by atoms with Crippen LogP contribution in [0.5, 0.6) is 0 Å². The van der Waals surface area contributed by atoms with Crippen LogP contribution in [-0.2, 0) is 10.0 Å². The summed E-state index contributed by atoms with van der Waals surface area (Å²) >= 11 is 0. The molecule has 0 saturated carbocycles. The van der Waals surface area contributed by atoms with Gasteiger partial charge in [0.2, 0.25) is 0 Å². The summed E-state index contributed by atoms with van der Waals surface area (Å²) in [5.41, 5.74) is 7.12. The summed E-state index contributed by atoms with van der Waals surface area (Å²) in [6.45, 7) is 0.806. The maximum absolute atomic E-state index is 13.0. The number of nitro benzene ring substituents is 1. The van der Waals surface area contributed by atoms with Crippen molar-refractivity contribution in [3.8, 4) is 0 Å². The van der Waals surface area contributed by atoms with E-state index in [2.05, 4.69) is 0 Å². The summed E-state index contributed by atoms with van der Waals surface area (Å²) < 4.78 is 27.3. The molecule has 0 radical (unpaired) electrons. The van der Waals surface area contributed by atoms with Crippen LogP contribution in [0.2, 0.25) is 0 Å². The maximum Gasteiger partial charge on any atom is 0.269 e. The molecule has 126 valence electrons. The lowest BCUT2D eigenvalue weighted by Gasteiger charge is -2.20. The minimum absolute atomic E-state index is 0.0382. The van der Waals surface area contributed by atoms with E-state index in [-0.39, 0.29) is 16.5 Å². The van der Waals surface area contributed by atoms with Crippen LogP contribution in [0.4, 0.5) is 11.4 Å². The van der Waals surface area contributed by atoms with Gasteiger partial charge >= 0.3 is 0 Å². The van der Waals surface area contributed by atoms with E-state index in [1.807, 2.05) is 12.1 Å². The fourth-order valence-electron chi connectivity index (χ4n) is 3.00. The Morgan fingerprint density at radius 3 is 2.46 bits per heavy atom. The largest absolute Gasteiger partial charge is 0.330 e. The molecule has 8 heteroatoms. The average Bonchev–Trinajstić information content (AvgIpc) is 2.95. The van der Waals surface area contributed by atoms with Crippen molar-refractivity contribution < 1.29 is 13.3 Å². The summed E-state index contributed by atoms with van der Waals surface area (Å²) in [5, 5.41) is 10.7. The van der Waals surface area contributed by atoms with Crippen molar-refractivity contribution in [2.45, 2.75) is 17.2 Å². The zero-order chi connectivity index (χ0) is 17.3. The number of nitro groups is 1. The predicted molar refractivity (Wildman–Crippen MR) is 90.5 cm³/mol. The molecular formula is C16H17N3O4S. The van der Waals surface area contributed by atoms with Crippen LogP contribution in [0.25, 0.3) is 0 Å². The van der Waals surface area contributed by atoms with Crippen LogP contribution in [0.3, 0.4) is 0 Å². The number of non-ortho nitro benzene ring substituents is 1. The lowest BCUT2D eigenvalue weighted by atomic mass is 9.98. The van der Waals surface area contributed by atoms with Gasteiger partial charge in [0.15, 0.2) is 0 Å². The number of hydrogen-bond donors (Lipinski definition) is 1. The predicted octanol–water partition coefficient (Wildman–Crippen LogP) is 2.24. The molecule has 24 heavy (non-hydrogen) atoms. The molecule has 1 aliphatic heterocycles. The Hall–Kier alpha value is -2.45. The highest BCUT2D eigenvalue weighted by Gasteiger charge is 2.36. The van der Waals surface area contributed by atoms with Gasteiger partial charge < -0.3 is 5.73 Å². The Bertz CT molecular complexity index is 865. The lowest BCUT2D eigenvalue weighted by Crippen LogP contribution is -2.30. The van der Waals surface area contributed by atoms with Crippen LogP contribution >= 0.6 is 0 Å². The summed E-state index contributed by atoms with van der Waals surface area (Å²) in [7, 11) is -3.78. The zero-order valence-corrected chi connectivity index (χ0v) is 13.6. The van der Waals surface area contributed by atoms with E-state index in [1.54, 1.807) is 12.1 Å². The highest BCUT2D eigenvalue weighted by molar-refractivity contribution is 7.92. The third-order valence-electron chi connectivity index (χ3n) is 4.18. The van der Waals surface area contributed by atoms with Crippen LogP contribution in [0.15, 0.2) is 53.4 Å². The number of nitrogens with two attached hydrogens (primary N) is 1. The first-order valence-corrected chi connectivity index (χ1v) is 8.95. The highest BCUT2D eigenvalue weighted by Crippen LogP contribution is 2.40. The highest BCUT2D eigenvalue weighted by atomic mass is 32.2. The van der Waals surface area contributed by atoms with Crippen molar-refractivity contribution in [1.82, 2.24) is 0 Å². The molecule has 0 unspecified atom stereocenters. The van der Waals surface area contributed by atoms with Gasteiger partial charge in [0.1, 0.15) is 0 Å². The molecular weight excluding hydrogens is 330 g/mol. The monoisotopic (exact) mass is 347 g/mol. The van der Waals surface area contributed by atoms with Gasteiger partial charge in [-0.3, -0.25) is 14.4 Å². The van der Waals surface area contributed by atoms with E-state index in [4.69, 9.17) is 5.73 Å². The van der Waals surface area contributed by atoms with Crippen molar-refractivity contribution in [2.75, 3.05) is 17.4 Å². The van der Waals surface area contributed by atoms with E-state index < -0.39 is 14.9 Å². The van der Waals surface area contributed by atoms with E-state index in [1.165, 1.54) is 28.6 Å². The molecule has 0 aliphatic carbocycles. The fourth-order valence-corrected chi connectivity index (χ4v) is 4.54. The molecule has 3 rings (SSSR count). The molecule has 1 atom stereocenters. The molecule has 0 spiro atoms. The topological polar surface area (TPSA) is 107 Å². The van der Waals surface area contributed by atoms with Crippen LogP contribution in [0.1, 0.15) is 17.9 Å². The quantitative estimate of drug-likeness (QED) is 0.659. The van der Waals surface area contributed by atoms with E-state index in [0.29, 0.717) is 25.2 Å². The van der Waals surface area contributed by atoms with Crippen LogP contribution in [-0.4, -0.2) is 26.4 Å². The lowest BCUT2D eigenvalue weighted by molar-refractivity contribution is -0.384. The average molecular weight is 347 g/mol. The fraction of sp³-hybridized carbons (Fsp3) is 0.250. The number of sulfonamides is 1. The number of rotatable bonds is 5. The smallest absolute Gasteiger partial charge is 0.269 e. The number of hydrogen-bond acceptors (Lipinski definition) is 5. The first-order valence-electron chi connectivity index (χ1n) is 7.51. The molecule has 0 amide bonds. The normalized spacial score (nSPS) is 16.9. The summed E-state index contributed by atoms with van der Waals surface area (Å²) in [4.78, 5) is 10.2. The van der Waals surface area contributed by atoms with Crippen LogP contribution < -0.4 is 10.0 Å². The molecule has 0 bridgehead atoms. The zero-order valence-electron chi connectivity index (χ0n) is 12.8. The number of para-hydroxylation sites is 1. The minimum atomic E-state index is -3.78. The molecule has 0 fully saturated rings. The Morgan fingerprint density at radius 1 is 1.17 bits per heavy atom. The van der Waals surface area contributed by atoms with Crippen LogP contribution in [0, 0.1) is 10.1 Å². The Kier molecular flexibility index (Phi) is 4.25. The third kappa shape index (κ3) is 2.74. The van der Waals surface area contributed by atoms with Gasteiger partial charge in [-0.25, -0.2) is 8.42 Å². The van der Waals surface area contributed by atoms with Gasteiger partial charge in [-0.15, -0.1) is 0 Å². The molecule has 0 saturated heterocycles. The van der Waals surface area contributed by atoms with Gasteiger partial charge in [0, 0.05) is 24.6 Å². The third-order valence-corrected chi connectivity index (χ3v) is 5.98. The summed E-state index contributed by atoms with van der Waals surface area (Å²) in [6.07, 6.45) is 0.698. The van der Waals surface area contributed by atoms with Gasteiger partial charge in [-0.05, 0) is 36.7 Å². The first-order chi connectivity index (χ1) is 11.4. The maximum atomic E-state index is 13.0. The molecule has 7 nitrogen and oxygen atoms in total. The molecule has 1 heterocycles. The van der Waals surface area contributed by atoms with Gasteiger partial charge in [0.05, 0.1) is 15.5 Å². The Balaban J connectivity index is 2.00. The van der Waals surface area contributed by atoms with Crippen molar-refractivity contribution >= 4 is 21.4 Å². The molecule has 2 aromatic carbocycles. The molecule has 2 N–H and O–H groups in total. The van der Waals surface area contributed by atoms with Gasteiger partial charge in [-0.2, -0.15) is 0 Å². The van der Waals surface area contributed by atoms with E-state index >= 15 is 0 Å². The summed E-state index contributed by atoms with van der Waals surface area (Å²) in [5.74, 6) is 0.0547. The number of anilines is 1. The molecule has 1 aliphatic rings. The number of benzene rings is 2. The summed E-state index contributed by atoms with van der Waals surface area (Å²) in [6, 6.07) is 12.3. The standard InChI is InChI=1S/C16H17N3O4S/c17-10-9-12-11-18(16-4-2-1-3-15(12)16)24(22,23)14-7-5-13(6-8-14)19(20)21/h1-8,12H,9-11,17H2/t12-/m1/s1. The van der Waals surface area contributed by atoms with Crippen molar-refractivity contribution in [1.29, 1.82) is 0 Å². The second-order valence-corrected chi connectivity index (χ2v) is 7.48. The second kappa shape index (κ2) is 6.21. The second-order valence-electron chi connectivity index (χ2n) is 5.62. The van der Waals surface area contributed by atoms with Crippen molar-refractivity contribution in [3.05, 3.63) is 64.2 Å².